The zero-order valence-corrected chi connectivity index (χ0v) is 17.4. The van der Waals surface area contributed by atoms with Crippen molar-refractivity contribution in [2.75, 3.05) is 7.11 Å². The van der Waals surface area contributed by atoms with Crippen molar-refractivity contribution < 1.29 is 14.4 Å². The molecule has 0 saturated carbocycles. The van der Waals surface area contributed by atoms with Crippen molar-refractivity contribution in [2.24, 2.45) is 0 Å². The minimum Gasteiger partial charge on any atom is -0.493 e. The Kier molecular flexibility index (Phi) is 7.15. The second-order valence-corrected chi connectivity index (χ2v) is 7.08. The minimum atomic E-state index is -0.422. The maximum atomic E-state index is 10.8. The molecule has 1 N–H and O–H groups in total. The summed E-state index contributed by atoms with van der Waals surface area (Å²) in [5.41, 5.74) is 2.94. The predicted molar refractivity (Wildman–Crippen MR) is 113 cm³/mol. The third-order valence-electron chi connectivity index (χ3n) is 4.30. The van der Waals surface area contributed by atoms with Gasteiger partial charge in [-0.15, -0.1) is 0 Å². The number of nitrogens with one attached hydrogen (secondary N) is 1. The Hall–Kier alpha value is -2.97. The number of nitrogens with zero attached hydrogens (tertiary/aromatic N) is 2. The number of nitro groups is 1. The molecule has 1 heterocycles. The van der Waals surface area contributed by atoms with E-state index in [4.69, 9.17) is 9.47 Å². The monoisotopic (exact) mass is 457 g/mol. The van der Waals surface area contributed by atoms with Gasteiger partial charge in [0, 0.05) is 47.7 Å². The van der Waals surface area contributed by atoms with Crippen molar-refractivity contribution in [2.45, 2.75) is 19.7 Å². The summed E-state index contributed by atoms with van der Waals surface area (Å²) in [4.78, 5) is 14.4. The van der Waals surface area contributed by atoms with Gasteiger partial charge in [-0.05, 0) is 47.5 Å². The molecule has 150 valence electrons. The lowest BCUT2D eigenvalue weighted by atomic mass is 10.1. The molecule has 0 spiro atoms. The van der Waals surface area contributed by atoms with Gasteiger partial charge in [0.1, 0.15) is 6.61 Å². The van der Waals surface area contributed by atoms with Gasteiger partial charge in [-0.25, -0.2) is 0 Å². The largest absolute Gasteiger partial charge is 0.493 e. The van der Waals surface area contributed by atoms with Crippen LogP contribution in [-0.4, -0.2) is 17.0 Å². The van der Waals surface area contributed by atoms with Crippen LogP contribution >= 0.6 is 15.9 Å². The summed E-state index contributed by atoms with van der Waals surface area (Å²) >= 11 is 3.59. The molecule has 3 rings (SSSR count). The molecule has 7 nitrogen and oxygen atoms in total. The van der Waals surface area contributed by atoms with Crippen LogP contribution < -0.4 is 14.8 Å². The lowest BCUT2D eigenvalue weighted by molar-refractivity contribution is -0.384. The van der Waals surface area contributed by atoms with E-state index in [1.54, 1.807) is 31.6 Å². The Morgan fingerprint density at radius 3 is 2.41 bits per heavy atom. The number of rotatable bonds is 9. The number of hydrogen-bond donors (Lipinski definition) is 1. The van der Waals surface area contributed by atoms with E-state index in [0.717, 1.165) is 21.2 Å². The molecule has 0 aliphatic heterocycles. The first-order chi connectivity index (χ1) is 14.1. The van der Waals surface area contributed by atoms with E-state index in [-0.39, 0.29) is 12.3 Å². The van der Waals surface area contributed by atoms with Crippen molar-refractivity contribution in [1.29, 1.82) is 0 Å². The quantitative estimate of drug-likeness (QED) is 0.372. The number of pyridine rings is 1. The van der Waals surface area contributed by atoms with Gasteiger partial charge in [0.15, 0.2) is 11.5 Å². The number of halogens is 1. The molecule has 0 radical (unpaired) electrons. The fourth-order valence-electron chi connectivity index (χ4n) is 2.77. The van der Waals surface area contributed by atoms with Gasteiger partial charge in [-0.3, -0.25) is 15.1 Å². The molecular weight excluding hydrogens is 438 g/mol. The highest BCUT2D eigenvalue weighted by Gasteiger charge is 2.15. The summed E-state index contributed by atoms with van der Waals surface area (Å²) in [5, 5.41) is 14.2. The Morgan fingerprint density at radius 1 is 1.03 bits per heavy atom. The van der Waals surface area contributed by atoms with Crippen LogP contribution in [0.4, 0.5) is 5.69 Å². The summed E-state index contributed by atoms with van der Waals surface area (Å²) in [6.07, 6.45) is 3.52. The van der Waals surface area contributed by atoms with Crippen molar-refractivity contribution in [3.05, 3.63) is 92.2 Å². The topological polar surface area (TPSA) is 86.5 Å². The van der Waals surface area contributed by atoms with Crippen LogP contribution in [0.5, 0.6) is 11.5 Å². The molecular formula is C21H20BrN3O4. The minimum absolute atomic E-state index is 0.0507. The van der Waals surface area contributed by atoms with Crippen molar-refractivity contribution in [3.8, 4) is 11.5 Å². The van der Waals surface area contributed by atoms with Crippen LogP contribution in [0, 0.1) is 10.1 Å². The number of hydrogen-bond acceptors (Lipinski definition) is 6. The summed E-state index contributed by atoms with van der Waals surface area (Å²) < 4.78 is 12.4. The Morgan fingerprint density at radius 2 is 1.76 bits per heavy atom. The molecule has 0 bridgehead atoms. The van der Waals surface area contributed by atoms with Gasteiger partial charge in [-0.1, -0.05) is 15.9 Å². The van der Waals surface area contributed by atoms with Crippen molar-refractivity contribution >= 4 is 21.6 Å². The molecule has 0 saturated heterocycles. The predicted octanol–water partition coefficient (Wildman–Crippen LogP) is 4.63. The van der Waals surface area contributed by atoms with Crippen LogP contribution in [0.3, 0.4) is 0 Å². The molecule has 0 aliphatic rings. The Balaban J connectivity index is 1.73. The lowest BCUT2D eigenvalue weighted by Gasteiger charge is -2.17. The van der Waals surface area contributed by atoms with Crippen LogP contribution in [0.2, 0.25) is 0 Å². The molecule has 1 aromatic heterocycles. The summed E-state index contributed by atoms with van der Waals surface area (Å²) in [6, 6.07) is 14.0. The first kappa shape index (κ1) is 20.8. The third-order valence-corrected chi connectivity index (χ3v) is 5.04. The highest BCUT2D eigenvalue weighted by Crippen LogP contribution is 2.37. The van der Waals surface area contributed by atoms with Gasteiger partial charge in [0.25, 0.3) is 5.69 Å². The van der Waals surface area contributed by atoms with E-state index < -0.39 is 4.92 Å². The SMILES string of the molecule is COc1ccc(Br)c(CNCc2ccncc2)c1OCc1ccc([N+](=O)[O-])cc1. The van der Waals surface area contributed by atoms with Gasteiger partial charge < -0.3 is 14.8 Å². The third kappa shape index (κ3) is 5.52. The van der Waals surface area contributed by atoms with Gasteiger partial charge in [0.05, 0.1) is 12.0 Å². The molecule has 0 unspecified atom stereocenters. The van der Waals surface area contributed by atoms with Crippen molar-refractivity contribution in [3.63, 3.8) is 0 Å². The second kappa shape index (κ2) is 9.99. The molecule has 0 fully saturated rings. The average Bonchev–Trinajstić information content (AvgIpc) is 2.74. The van der Waals surface area contributed by atoms with E-state index in [1.807, 2.05) is 24.3 Å². The lowest BCUT2D eigenvalue weighted by Crippen LogP contribution is -2.14. The zero-order valence-electron chi connectivity index (χ0n) is 15.8. The normalized spacial score (nSPS) is 10.6. The van der Waals surface area contributed by atoms with Crippen molar-refractivity contribution in [1.82, 2.24) is 10.3 Å². The zero-order chi connectivity index (χ0) is 20.6. The van der Waals surface area contributed by atoms with Gasteiger partial charge in [-0.2, -0.15) is 0 Å². The average molecular weight is 458 g/mol. The summed E-state index contributed by atoms with van der Waals surface area (Å²) in [7, 11) is 1.59. The molecule has 0 atom stereocenters. The number of benzene rings is 2. The second-order valence-electron chi connectivity index (χ2n) is 6.23. The number of methoxy groups -OCH3 is 1. The number of non-ortho nitro benzene ring substituents is 1. The number of ether oxygens (including phenoxy) is 2. The molecule has 2 aromatic carbocycles. The standard InChI is InChI=1S/C21H20BrN3O4/c1-28-20-7-6-19(22)18(13-24-12-15-8-10-23-11-9-15)21(20)29-14-16-2-4-17(5-3-16)25(26)27/h2-11,24H,12-14H2,1H3. The maximum absolute atomic E-state index is 10.8. The molecule has 0 aliphatic carbocycles. The van der Waals surface area contributed by atoms with E-state index >= 15 is 0 Å². The Bertz CT molecular complexity index is 966. The summed E-state index contributed by atoms with van der Waals surface area (Å²) in [5.74, 6) is 1.25. The van der Waals surface area contributed by atoms with E-state index in [2.05, 4.69) is 26.2 Å². The summed E-state index contributed by atoms with van der Waals surface area (Å²) in [6.45, 7) is 1.52. The Labute approximate surface area is 177 Å². The molecule has 0 amide bonds. The highest BCUT2D eigenvalue weighted by atomic mass is 79.9. The van der Waals surface area contributed by atoms with Crippen LogP contribution in [0.25, 0.3) is 0 Å². The number of nitro benzene ring substituents is 1. The molecule has 3 aromatic rings. The maximum Gasteiger partial charge on any atom is 0.269 e. The van der Waals surface area contributed by atoms with Crippen LogP contribution in [0.1, 0.15) is 16.7 Å². The number of aromatic nitrogens is 1. The first-order valence-corrected chi connectivity index (χ1v) is 9.69. The van der Waals surface area contributed by atoms with Gasteiger partial charge in [0.2, 0.25) is 0 Å². The highest BCUT2D eigenvalue weighted by molar-refractivity contribution is 9.10. The first-order valence-electron chi connectivity index (χ1n) is 8.89. The smallest absolute Gasteiger partial charge is 0.269 e. The molecule has 29 heavy (non-hydrogen) atoms. The van der Waals surface area contributed by atoms with Crippen LogP contribution in [0.15, 0.2) is 65.4 Å². The van der Waals surface area contributed by atoms with E-state index in [0.29, 0.717) is 24.6 Å². The fraction of sp³-hybridized carbons (Fsp3) is 0.190. The van der Waals surface area contributed by atoms with Gasteiger partial charge >= 0.3 is 0 Å². The van der Waals surface area contributed by atoms with Crippen LogP contribution in [-0.2, 0) is 19.7 Å². The fourth-order valence-corrected chi connectivity index (χ4v) is 3.22. The molecule has 8 heteroatoms. The van der Waals surface area contributed by atoms with E-state index in [9.17, 15) is 10.1 Å². The van der Waals surface area contributed by atoms with E-state index in [1.165, 1.54) is 12.1 Å².